The summed E-state index contributed by atoms with van der Waals surface area (Å²) in [7, 11) is 1.71. The van der Waals surface area contributed by atoms with E-state index in [1.807, 2.05) is 32.0 Å². The first-order valence-electron chi connectivity index (χ1n) is 5.10. The number of halogens is 1. The zero-order valence-corrected chi connectivity index (χ0v) is 10.4. The summed E-state index contributed by atoms with van der Waals surface area (Å²) in [6.07, 6.45) is 0.153. The quantitative estimate of drug-likeness (QED) is 0.851. The van der Waals surface area contributed by atoms with Gasteiger partial charge in [0.05, 0.1) is 16.8 Å². The number of anilines is 1. The van der Waals surface area contributed by atoms with Crippen LogP contribution in [-0.4, -0.2) is 19.3 Å². The summed E-state index contributed by atoms with van der Waals surface area (Å²) < 4.78 is 5.26. The Balaban J connectivity index is 2.80. The van der Waals surface area contributed by atoms with Crippen LogP contribution in [0.5, 0.6) is 0 Å². The second kappa shape index (κ2) is 5.38. The minimum absolute atomic E-state index is 0.153. The first-order valence-corrected chi connectivity index (χ1v) is 5.48. The largest absolute Gasteiger partial charge is 0.380 e. The van der Waals surface area contributed by atoms with Crippen LogP contribution in [0.3, 0.4) is 0 Å². The molecule has 2 nitrogen and oxygen atoms in total. The smallest absolute Gasteiger partial charge is 0.0741 e. The van der Waals surface area contributed by atoms with Gasteiger partial charge in [0.2, 0.25) is 0 Å². The Labute approximate surface area is 96.6 Å². The average Bonchev–Trinajstić information content (AvgIpc) is 2.22. The summed E-state index contributed by atoms with van der Waals surface area (Å²) >= 11 is 6.12. The van der Waals surface area contributed by atoms with Crippen molar-refractivity contribution in [3.8, 4) is 0 Å². The molecule has 0 saturated heterocycles. The minimum Gasteiger partial charge on any atom is -0.380 e. The Morgan fingerprint density at radius 3 is 2.53 bits per heavy atom. The van der Waals surface area contributed by atoms with Gasteiger partial charge in [-0.05, 0) is 32.4 Å². The Morgan fingerprint density at radius 2 is 2.00 bits per heavy atom. The first-order chi connectivity index (χ1) is 7.06. The number of methoxy groups -OCH3 is 1. The molecule has 15 heavy (non-hydrogen) atoms. The highest BCUT2D eigenvalue weighted by Gasteiger charge is 2.13. The van der Waals surface area contributed by atoms with Crippen molar-refractivity contribution in [2.75, 3.05) is 12.4 Å². The third-order valence-corrected chi connectivity index (χ3v) is 2.98. The summed E-state index contributed by atoms with van der Waals surface area (Å²) in [5.74, 6) is 0. The van der Waals surface area contributed by atoms with Crippen molar-refractivity contribution in [3.63, 3.8) is 0 Å². The number of ether oxygens (including phenoxy) is 1. The van der Waals surface area contributed by atoms with Crippen LogP contribution in [-0.2, 0) is 4.74 Å². The second-order valence-electron chi connectivity index (χ2n) is 3.81. The Bertz CT molecular complexity index is 307. The number of aryl methyl sites for hydroxylation is 1. The molecule has 0 radical (unpaired) electrons. The van der Waals surface area contributed by atoms with Crippen molar-refractivity contribution >= 4 is 17.3 Å². The molecule has 0 aliphatic carbocycles. The molecule has 2 atom stereocenters. The van der Waals surface area contributed by atoms with E-state index in [-0.39, 0.29) is 12.1 Å². The summed E-state index contributed by atoms with van der Waals surface area (Å²) in [6.45, 7) is 6.15. The van der Waals surface area contributed by atoms with Gasteiger partial charge in [-0.3, -0.25) is 0 Å². The van der Waals surface area contributed by atoms with Gasteiger partial charge >= 0.3 is 0 Å². The molecule has 0 aromatic heterocycles. The molecule has 3 heteroatoms. The molecule has 2 unspecified atom stereocenters. The maximum Gasteiger partial charge on any atom is 0.0741 e. The van der Waals surface area contributed by atoms with E-state index in [0.29, 0.717) is 0 Å². The van der Waals surface area contributed by atoms with Crippen LogP contribution in [0.4, 0.5) is 5.69 Å². The Hall–Kier alpha value is -0.730. The lowest BCUT2D eigenvalue weighted by Crippen LogP contribution is -2.30. The molecule has 1 aromatic carbocycles. The molecule has 1 aromatic rings. The van der Waals surface area contributed by atoms with Crippen molar-refractivity contribution in [2.45, 2.75) is 32.9 Å². The lowest BCUT2D eigenvalue weighted by Gasteiger charge is -2.22. The molecule has 0 bridgehead atoms. The van der Waals surface area contributed by atoms with Crippen LogP contribution in [0.15, 0.2) is 18.2 Å². The molecule has 1 rings (SSSR count). The highest BCUT2D eigenvalue weighted by molar-refractivity contribution is 6.33. The van der Waals surface area contributed by atoms with Gasteiger partial charge < -0.3 is 10.1 Å². The van der Waals surface area contributed by atoms with Crippen LogP contribution in [0, 0.1) is 6.92 Å². The third-order valence-electron chi connectivity index (χ3n) is 2.67. The van der Waals surface area contributed by atoms with Crippen molar-refractivity contribution in [1.29, 1.82) is 0 Å². The van der Waals surface area contributed by atoms with Crippen molar-refractivity contribution < 1.29 is 4.74 Å². The first kappa shape index (κ1) is 12.3. The fourth-order valence-electron chi connectivity index (χ4n) is 1.36. The predicted molar refractivity (Wildman–Crippen MR) is 65.7 cm³/mol. The van der Waals surface area contributed by atoms with Gasteiger partial charge in [0.1, 0.15) is 0 Å². The monoisotopic (exact) mass is 227 g/mol. The molecule has 0 aliphatic heterocycles. The lowest BCUT2D eigenvalue weighted by molar-refractivity contribution is 0.106. The van der Waals surface area contributed by atoms with Gasteiger partial charge in [0, 0.05) is 13.2 Å². The molecule has 0 amide bonds. The highest BCUT2D eigenvalue weighted by atomic mass is 35.5. The average molecular weight is 228 g/mol. The molecule has 0 aliphatic rings. The molecule has 0 spiro atoms. The van der Waals surface area contributed by atoms with E-state index in [1.54, 1.807) is 7.11 Å². The van der Waals surface area contributed by atoms with Crippen LogP contribution in [0.1, 0.15) is 19.4 Å². The van der Waals surface area contributed by atoms with Crippen molar-refractivity contribution in [2.24, 2.45) is 0 Å². The normalized spacial score (nSPS) is 14.7. The maximum atomic E-state index is 6.12. The topological polar surface area (TPSA) is 21.3 Å². The molecular weight excluding hydrogens is 210 g/mol. The van der Waals surface area contributed by atoms with E-state index >= 15 is 0 Å². The highest BCUT2D eigenvalue weighted by Crippen LogP contribution is 2.26. The van der Waals surface area contributed by atoms with Crippen molar-refractivity contribution in [1.82, 2.24) is 0 Å². The van der Waals surface area contributed by atoms with Crippen LogP contribution in [0.25, 0.3) is 0 Å². The van der Waals surface area contributed by atoms with Crippen LogP contribution < -0.4 is 5.32 Å². The summed E-state index contributed by atoms with van der Waals surface area (Å²) in [4.78, 5) is 0. The third kappa shape index (κ3) is 3.11. The number of para-hydroxylation sites is 1. The molecule has 0 saturated carbocycles. The zero-order chi connectivity index (χ0) is 11.4. The van der Waals surface area contributed by atoms with Gasteiger partial charge in [-0.25, -0.2) is 0 Å². The summed E-state index contributed by atoms with van der Waals surface area (Å²) in [6, 6.07) is 6.11. The van der Waals surface area contributed by atoms with Gasteiger partial charge in [-0.1, -0.05) is 23.7 Å². The summed E-state index contributed by atoms with van der Waals surface area (Å²) in [5, 5.41) is 4.13. The van der Waals surface area contributed by atoms with Gasteiger partial charge in [-0.15, -0.1) is 0 Å². The SMILES string of the molecule is COC(C)C(C)Nc1c(C)cccc1Cl. The van der Waals surface area contributed by atoms with Gasteiger partial charge in [-0.2, -0.15) is 0 Å². The molecule has 84 valence electrons. The van der Waals surface area contributed by atoms with Crippen LogP contribution >= 0.6 is 11.6 Å². The minimum atomic E-state index is 0.153. The number of nitrogens with one attached hydrogen (secondary N) is 1. The van der Waals surface area contributed by atoms with E-state index in [4.69, 9.17) is 16.3 Å². The molecule has 1 N–H and O–H groups in total. The summed E-state index contributed by atoms with van der Waals surface area (Å²) in [5.41, 5.74) is 2.15. The van der Waals surface area contributed by atoms with Crippen LogP contribution in [0.2, 0.25) is 5.02 Å². The number of rotatable bonds is 4. The van der Waals surface area contributed by atoms with E-state index < -0.39 is 0 Å². The van der Waals surface area contributed by atoms with Gasteiger partial charge in [0.25, 0.3) is 0 Å². The zero-order valence-electron chi connectivity index (χ0n) is 9.67. The van der Waals surface area contributed by atoms with Crippen molar-refractivity contribution in [3.05, 3.63) is 28.8 Å². The molecule has 0 fully saturated rings. The molecular formula is C12H18ClNO. The molecule has 0 heterocycles. The number of hydrogen-bond acceptors (Lipinski definition) is 2. The number of benzene rings is 1. The fraction of sp³-hybridized carbons (Fsp3) is 0.500. The van der Waals surface area contributed by atoms with E-state index in [9.17, 15) is 0 Å². The standard InChI is InChI=1S/C12H18ClNO/c1-8-6-5-7-11(13)12(8)14-9(2)10(3)15-4/h5-7,9-10,14H,1-4H3. The predicted octanol–water partition coefficient (Wildman–Crippen LogP) is 3.48. The van der Waals surface area contributed by atoms with E-state index in [2.05, 4.69) is 12.2 Å². The second-order valence-corrected chi connectivity index (χ2v) is 4.21. The Morgan fingerprint density at radius 1 is 1.33 bits per heavy atom. The fourth-order valence-corrected chi connectivity index (χ4v) is 1.64. The van der Waals surface area contributed by atoms with E-state index in [0.717, 1.165) is 16.3 Å². The lowest BCUT2D eigenvalue weighted by atomic mass is 10.1. The van der Waals surface area contributed by atoms with Gasteiger partial charge in [0.15, 0.2) is 0 Å². The number of hydrogen-bond donors (Lipinski definition) is 1. The van der Waals surface area contributed by atoms with E-state index in [1.165, 1.54) is 0 Å². The Kier molecular flexibility index (Phi) is 4.43. The maximum absolute atomic E-state index is 6.12.